The zero-order valence-electron chi connectivity index (χ0n) is 6.70. The average molecular weight is 172 g/mol. The van der Waals surface area contributed by atoms with Crippen LogP contribution in [-0.4, -0.2) is 30.9 Å². The highest BCUT2D eigenvalue weighted by atomic mass is 16.6. The summed E-state index contributed by atoms with van der Waals surface area (Å²) in [5.74, 6) is -3.58. The molecule has 0 radical (unpaired) electrons. The lowest BCUT2D eigenvalue weighted by molar-refractivity contribution is -0.155. The second-order valence-electron chi connectivity index (χ2n) is 2.44. The first kappa shape index (κ1) is 8.70. The van der Waals surface area contributed by atoms with Crippen LogP contribution in [0.2, 0.25) is 0 Å². The predicted octanol–water partition coefficient (Wildman–Crippen LogP) is -0.710. The minimum absolute atomic E-state index is 0.535. The molecule has 0 aromatic heterocycles. The number of ketones is 1. The van der Waals surface area contributed by atoms with Crippen molar-refractivity contribution in [2.45, 2.75) is 13.0 Å². The van der Waals surface area contributed by atoms with E-state index in [1.54, 1.807) is 0 Å². The van der Waals surface area contributed by atoms with Crippen LogP contribution in [0.25, 0.3) is 0 Å². The van der Waals surface area contributed by atoms with Crippen LogP contribution in [-0.2, 0) is 23.9 Å². The molecule has 0 unspecified atom stereocenters. The second kappa shape index (κ2) is 2.92. The molecule has 66 valence electrons. The fourth-order valence-corrected chi connectivity index (χ4v) is 0.981. The molecule has 0 amide bonds. The predicted molar refractivity (Wildman–Crippen MR) is 36.1 cm³/mol. The number of carbonyl (C=O) groups is 3. The van der Waals surface area contributed by atoms with Crippen LogP contribution in [0.3, 0.4) is 0 Å². The van der Waals surface area contributed by atoms with E-state index in [9.17, 15) is 14.4 Å². The molecule has 5 nitrogen and oxygen atoms in total. The van der Waals surface area contributed by atoms with Crippen molar-refractivity contribution in [1.29, 1.82) is 0 Å². The third-order valence-corrected chi connectivity index (χ3v) is 1.65. The smallest absolute Gasteiger partial charge is 0.328 e. The number of carbonyl (C=O) groups excluding carboxylic acids is 3. The average Bonchev–Trinajstić information content (AvgIpc) is 2.26. The summed E-state index contributed by atoms with van der Waals surface area (Å²) in [4.78, 5) is 32.8. The summed E-state index contributed by atoms with van der Waals surface area (Å²) in [7, 11) is 1.12. The summed E-state index contributed by atoms with van der Waals surface area (Å²) in [6.45, 7) is 1.42. The number of cyclic esters (lactones) is 1. The molecule has 1 heterocycles. The Morgan fingerprint density at radius 1 is 1.50 bits per heavy atom. The molecule has 1 saturated heterocycles. The lowest BCUT2D eigenvalue weighted by Gasteiger charge is -1.99. The van der Waals surface area contributed by atoms with Crippen molar-refractivity contribution < 1.29 is 23.9 Å². The summed E-state index contributed by atoms with van der Waals surface area (Å²) in [6.07, 6.45) is -0.832. The maximum atomic E-state index is 11.1. The van der Waals surface area contributed by atoms with Gasteiger partial charge in [-0.15, -0.1) is 0 Å². The van der Waals surface area contributed by atoms with Crippen molar-refractivity contribution in [3.63, 3.8) is 0 Å². The lowest BCUT2D eigenvalue weighted by atomic mass is 10.0. The third kappa shape index (κ3) is 1.17. The fourth-order valence-electron chi connectivity index (χ4n) is 0.981. The molecule has 0 saturated carbocycles. The largest absolute Gasteiger partial charge is 0.468 e. The van der Waals surface area contributed by atoms with Gasteiger partial charge in [-0.3, -0.25) is 14.4 Å². The van der Waals surface area contributed by atoms with Gasteiger partial charge in [0.05, 0.1) is 7.11 Å². The fraction of sp³-hybridized carbons (Fsp3) is 0.571. The molecule has 1 aliphatic heterocycles. The Balaban J connectivity index is 2.84. The highest BCUT2D eigenvalue weighted by Crippen LogP contribution is 2.17. The summed E-state index contributed by atoms with van der Waals surface area (Å²) in [5.41, 5.74) is 0. The van der Waals surface area contributed by atoms with E-state index in [0.29, 0.717) is 0 Å². The van der Waals surface area contributed by atoms with Crippen LogP contribution in [0.5, 0.6) is 0 Å². The number of methoxy groups -OCH3 is 1. The molecule has 1 aliphatic rings. The van der Waals surface area contributed by atoms with Crippen LogP contribution in [0.15, 0.2) is 0 Å². The Hall–Kier alpha value is -1.39. The first-order chi connectivity index (χ1) is 5.57. The highest BCUT2D eigenvalue weighted by Gasteiger charge is 2.46. The van der Waals surface area contributed by atoms with Gasteiger partial charge in [-0.1, -0.05) is 0 Å². The molecule has 0 N–H and O–H groups in total. The van der Waals surface area contributed by atoms with E-state index in [0.717, 1.165) is 7.11 Å². The van der Waals surface area contributed by atoms with Crippen LogP contribution < -0.4 is 0 Å². The Labute approximate surface area is 68.6 Å². The molecule has 1 fully saturated rings. The molecule has 12 heavy (non-hydrogen) atoms. The van der Waals surface area contributed by atoms with Crippen molar-refractivity contribution >= 4 is 17.7 Å². The van der Waals surface area contributed by atoms with Crippen LogP contribution >= 0.6 is 0 Å². The number of Topliss-reactive ketones (excluding diaryl/α,β-unsaturated/α-hetero) is 1. The Kier molecular flexibility index (Phi) is 2.12. The summed E-state index contributed by atoms with van der Waals surface area (Å²) < 4.78 is 8.78. The molecule has 0 bridgehead atoms. The van der Waals surface area contributed by atoms with E-state index in [-0.39, 0.29) is 0 Å². The van der Waals surface area contributed by atoms with Gasteiger partial charge >= 0.3 is 11.9 Å². The third-order valence-electron chi connectivity index (χ3n) is 1.65. The summed E-state index contributed by atoms with van der Waals surface area (Å²) in [5, 5.41) is 0. The first-order valence-corrected chi connectivity index (χ1v) is 3.40. The maximum absolute atomic E-state index is 11.1. The monoisotopic (exact) mass is 172 g/mol. The van der Waals surface area contributed by atoms with E-state index >= 15 is 0 Å². The van der Waals surface area contributed by atoms with Gasteiger partial charge in [0.1, 0.15) is 0 Å². The Morgan fingerprint density at radius 2 is 2.08 bits per heavy atom. The highest BCUT2D eigenvalue weighted by molar-refractivity contribution is 6.19. The molecule has 2 atom stereocenters. The van der Waals surface area contributed by atoms with Gasteiger partial charge < -0.3 is 9.47 Å². The van der Waals surface area contributed by atoms with Gasteiger partial charge in [-0.2, -0.15) is 0 Å². The van der Waals surface area contributed by atoms with Gasteiger partial charge in [0.2, 0.25) is 5.92 Å². The lowest BCUT2D eigenvalue weighted by Crippen LogP contribution is -2.28. The van der Waals surface area contributed by atoms with Crippen LogP contribution in [0, 0.1) is 5.92 Å². The molecular weight excluding hydrogens is 164 g/mol. The van der Waals surface area contributed by atoms with Crippen molar-refractivity contribution in [2.24, 2.45) is 5.92 Å². The SMILES string of the molecule is COC(=O)[C@@H]1C(=O)O[C@@H](C)C1=O. The van der Waals surface area contributed by atoms with Crippen LogP contribution in [0.1, 0.15) is 6.92 Å². The van der Waals surface area contributed by atoms with Crippen LogP contribution in [0.4, 0.5) is 0 Å². The molecule has 0 aliphatic carbocycles. The van der Waals surface area contributed by atoms with E-state index in [4.69, 9.17) is 0 Å². The molecule has 0 aromatic rings. The number of ether oxygens (including phenoxy) is 2. The van der Waals surface area contributed by atoms with Gasteiger partial charge in [-0.05, 0) is 6.92 Å². The van der Waals surface area contributed by atoms with Crippen molar-refractivity contribution in [1.82, 2.24) is 0 Å². The van der Waals surface area contributed by atoms with Gasteiger partial charge in [0, 0.05) is 0 Å². The molecular formula is C7H8O5. The van der Waals surface area contributed by atoms with Gasteiger partial charge in [-0.25, -0.2) is 0 Å². The summed E-state index contributed by atoms with van der Waals surface area (Å²) in [6, 6.07) is 0. The van der Waals surface area contributed by atoms with E-state index in [2.05, 4.69) is 9.47 Å². The Bertz CT molecular complexity index is 236. The van der Waals surface area contributed by atoms with E-state index < -0.39 is 29.7 Å². The first-order valence-electron chi connectivity index (χ1n) is 3.40. The zero-order valence-corrected chi connectivity index (χ0v) is 6.70. The Morgan fingerprint density at radius 3 is 2.42 bits per heavy atom. The van der Waals surface area contributed by atoms with E-state index in [1.807, 2.05) is 0 Å². The normalized spacial score (nSPS) is 28.5. The molecule has 0 aromatic carbocycles. The van der Waals surface area contributed by atoms with Gasteiger partial charge in [0.25, 0.3) is 0 Å². The van der Waals surface area contributed by atoms with Crippen molar-refractivity contribution in [3.05, 3.63) is 0 Å². The second-order valence-corrected chi connectivity index (χ2v) is 2.44. The number of hydrogen-bond acceptors (Lipinski definition) is 5. The number of rotatable bonds is 1. The van der Waals surface area contributed by atoms with Gasteiger partial charge in [0.15, 0.2) is 11.9 Å². The minimum atomic E-state index is -1.37. The minimum Gasteiger partial charge on any atom is -0.468 e. The van der Waals surface area contributed by atoms with E-state index in [1.165, 1.54) is 6.92 Å². The number of hydrogen-bond donors (Lipinski definition) is 0. The molecule has 5 heteroatoms. The van der Waals surface area contributed by atoms with Crippen molar-refractivity contribution in [3.8, 4) is 0 Å². The topological polar surface area (TPSA) is 69.7 Å². The number of esters is 2. The zero-order chi connectivity index (χ0) is 9.30. The quantitative estimate of drug-likeness (QED) is 0.386. The molecule has 0 spiro atoms. The summed E-state index contributed by atoms with van der Waals surface area (Å²) >= 11 is 0. The standard InChI is InChI=1S/C7H8O5/c1-3-5(8)4(6(9)11-2)7(10)12-3/h3-4H,1-2H3/t3-,4+/m0/s1. The van der Waals surface area contributed by atoms with Crippen molar-refractivity contribution in [2.75, 3.05) is 7.11 Å². The molecule has 1 rings (SSSR count). The maximum Gasteiger partial charge on any atom is 0.328 e.